The highest BCUT2D eigenvalue weighted by atomic mass is 32.2. The Morgan fingerprint density at radius 1 is 1.04 bits per heavy atom. The maximum absolute atomic E-state index is 13.2. The third-order valence-electron chi connectivity index (χ3n) is 4.95. The minimum absolute atomic E-state index is 0.0702. The molecule has 9 heteroatoms. The normalized spacial score (nSPS) is 20.5. The standard InChI is InChI=1S/C19H20N4O2S3/c1-5-22-16(25)14(18-20(3)11-9-7-8-10-12(11)27-18)28-17(22)13-15(24)23(6-2)19(26)21(13)4/h7-10H,5-6H2,1-4H3. The molecule has 0 atom stereocenters. The van der Waals surface area contributed by atoms with Gasteiger partial charge in [0.15, 0.2) is 5.11 Å². The van der Waals surface area contributed by atoms with Crippen molar-refractivity contribution < 1.29 is 4.79 Å². The Morgan fingerprint density at radius 3 is 2.36 bits per heavy atom. The molecule has 4 rings (SSSR count). The summed E-state index contributed by atoms with van der Waals surface area (Å²) in [4.78, 5) is 32.6. The molecular weight excluding hydrogens is 412 g/mol. The van der Waals surface area contributed by atoms with Crippen molar-refractivity contribution >= 4 is 62.7 Å². The second kappa shape index (κ2) is 7.06. The van der Waals surface area contributed by atoms with E-state index in [1.54, 1.807) is 33.2 Å². The molecule has 0 unspecified atom stereocenters. The lowest BCUT2D eigenvalue weighted by Gasteiger charge is -2.13. The fourth-order valence-electron chi connectivity index (χ4n) is 3.46. The molecule has 0 bridgehead atoms. The minimum Gasteiger partial charge on any atom is -0.337 e. The van der Waals surface area contributed by atoms with Crippen LogP contribution in [-0.2, 0) is 11.3 Å². The van der Waals surface area contributed by atoms with E-state index in [4.69, 9.17) is 12.2 Å². The Balaban J connectivity index is 2.02. The van der Waals surface area contributed by atoms with Crippen molar-refractivity contribution in [1.29, 1.82) is 0 Å². The Bertz CT molecular complexity index is 1180. The lowest BCUT2D eigenvalue weighted by Crippen LogP contribution is -2.35. The van der Waals surface area contributed by atoms with Gasteiger partial charge in [0.05, 0.1) is 5.69 Å². The van der Waals surface area contributed by atoms with Gasteiger partial charge in [0.2, 0.25) is 0 Å². The van der Waals surface area contributed by atoms with Gasteiger partial charge < -0.3 is 9.80 Å². The van der Waals surface area contributed by atoms with Crippen LogP contribution in [-0.4, -0.2) is 46.0 Å². The Hall–Kier alpha value is -2.10. The number of nitrogens with zero attached hydrogens (tertiary/aromatic N) is 4. The SMILES string of the molecule is CCN1C(=O)C(=c2sc(=C3Sc4ccccc4N3C)c(=O)n2CC)N(C)C1=S. The Kier molecular flexibility index (Phi) is 4.84. The molecule has 0 aliphatic carbocycles. The molecule has 3 heterocycles. The van der Waals surface area contributed by atoms with E-state index in [1.165, 1.54) is 11.3 Å². The van der Waals surface area contributed by atoms with Crippen molar-refractivity contribution in [2.75, 3.05) is 25.5 Å². The van der Waals surface area contributed by atoms with Crippen molar-refractivity contribution in [3.05, 3.63) is 43.8 Å². The van der Waals surface area contributed by atoms with Gasteiger partial charge in [-0.3, -0.25) is 19.1 Å². The van der Waals surface area contributed by atoms with Gasteiger partial charge in [0, 0.05) is 32.1 Å². The Labute approximate surface area is 176 Å². The summed E-state index contributed by atoms with van der Waals surface area (Å²) in [7, 11) is 3.76. The summed E-state index contributed by atoms with van der Waals surface area (Å²) in [6.07, 6.45) is 0. The molecule has 0 N–H and O–H groups in total. The number of carbonyl (C=O) groups excluding carboxylic acids is 1. The molecular formula is C19H20N4O2S3. The lowest BCUT2D eigenvalue weighted by atomic mass is 10.3. The molecule has 1 amide bonds. The summed E-state index contributed by atoms with van der Waals surface area (Å²) in [5, 5.41) is 1.37. The topological polar surface area (TPSA) is 48.8 Å². The van der Waals surface area contributed by atoms with E-state index in [2.05, 4.69) is 6.07 Å². The third-order valence-corrected chi connectivity index (χ3v) is 7.99. The van der Waals surface area contributed by atoms with Crippen LogP contribution in [0.3, 0.4) is 0 Å². The summed E-state index contributed by atoms with van der Waals surface area (Å²) < 4.78 is 2.98. The Morgan fingerprint density at radius 2 is 1.75 bits per heavy atom. The summed E-state index contributed by atoms with van der Waals surface area (Å²) in [6.45, 7) is 4.81. The second-order valence-electron chi connectivity index (χ2n) is 6.46. The lowest BCUT2D eigenvalue weighted by molar-refractivity contribution is -0.120. The van der Waals surface area contributed by atoms with Crippen molar-refractivity contribution in [2.45, 2.75) is 25.3 Å². The number of thioether (sulfide) groups is 1. The van der Waals surface area contributed by atoms with E-state index >= 15 is 0 Å². The molecule has 2 aliphatic rings. The maximum Gasteiger partial charge on any atom is 0.279 e. The number of thiazole rings is 1. The number of hydrogen-bond acceptors (Lipinski definition) is 6. The average Bonchev–Trinajstić information content (AvgIpc) is 3.26. The number of benzene rings is 1. The van der Waals surface area contributed by atoms with Crippen molar-refractivity contribution in [1.82, 2.24) is 14.4 Å². The monoisotopic (exact) mass is 432 g/mol. The zero-order chi connectivity index (χ0) is 20.2. The van der Waals surface area contributed by atoms with Gasteiger partial charge >= 0.3 is 0 Å². The van der Waals surface area contributed by atoms with E-state index < -0.39 is 0 Å². The van der Waals surface area contributed by atoms with E-state index in [-0.39, 0.29) is 11.5 Å². The number of likely N-dealkylation sites (N-methyl/N-ethyl adjacent to an activating group) is 2. The summed E-state index contributed by atoms with van der Waals surface area (Å²) in [5.74, 6) is -0.147. The first-order valence-corrected chi connectivity index (χ1v) is 11.0. The number of para-hydroxylation sites is 1. The number of rotatable bonds is 2. The van der Waals surface area contributed by atoms with Crippen LogP contribution >= 0.6 is 35.3 Å². The third kappa shape index (κ3) is 2.64. The summed E-state index contributed by atoms with van der Waals surface area (Å²) in [6, 6.07) is 8.08. The number of anilines is 1. The van der Waals surface area contributed by atoms with Gasteiger partial charge in [0.25, 0.3) is 11.5 Å². The second-order valence-corrected chi connectivity index (χ2v) is 8.85. The van der Waals surface area contributed by atoms with Crippen LogP contribution in [0, 0.1) is 0 Å². The smallest absolute Gasteiger partial charge is 0.279 e. The first-order valence-electron chi connectivity index (χ1n) is 8.99. The first kappa shape index (κ1) is 19.2. The van der Waals surface area contributed by atoms with Crippen LogP contribution in [0.15, 0.2) is 34.0 Å². The number of hydrogen-bond donors (Lipinski definition) is 0. The number of fused-ring (bicyclic) bond motifs is 1. The molecule has 146 valence electrons. The highest BCUT2D eigenvalue weighted by Crippen LogP contribution is 2.44. The highest BCUT2D eigenvalue weighted by Gasteiger charge is 2.36. The fraction of sp³-hybridized carbons (Fsp3) is 0.316. The van der Waals surface area contributed by atoms with Gasteiger partial charge in [-0.1, -0.05) is 23.9 Å². The predicted octanol–water partition coefficient (Wildman–Crippen LogP) is 1.42. The van der Waals surface area contributed by atoms with Gasteiger partial charge in [-0.15, -0.1) is 11.3 Å². The van der Waals surface area contributed by atoms with E-state index in [0.717, 1.165) is 15.6 Å². The van der Waals surface area contributed by atoms with E-state index in [9.17, 15) is 9.59 Å². The molecule has 2 aromatic rings. The zero-order valence-electron chi connectivity index (χ0n) is 16.1. The number of carbonyl (C=O) groups is 1. The van der Waals surface area contributed by atoms with Crippen molar-refractivity contribution in [3.8, 4) is 0 Å². The number of aromatic nitrogens is 1. The summed E-state index contributed by atoms with van der Waals surface area (Å²) in [5.41, 5.74) is 1.49. The van der Waals surface area contributed by atoms with Gasteiger partial charge in [-0.05, 0) is 38.2 Å². The maximum atomic E-state index is 13.2. The molecule has 1 aromatic carbocycles. The van der Waals surface area contributed by atoms with Crippen LogP contribution in [0.2, 0.25) is 0 Å². The molecule has 0 spiro atoms. The summed E-state index contributed by atoms with van der Waals surface area (Å²) >= 11 is 8.38. The molecule has 1 fully saturated rings. The number of thiocarbonyl (C=S) groups is 1. The quantitative estimate of drug-likeness (QED) is 0.669. The van der Waals surface area contributed by atoms with Crippen LogP contribution in [0.25, 0.3) is 10.7 Å². The largest absolute Gasteiger partial charge is 0.337 e. The molecule has 0 saturated carbocycles. The van der Waals surface area contributed by atoms with Gasteiger partial charge in [-0.25, -0.2) is 0 Å². The zero-order valence-corrected chi connectivity index (χ0v) is 18.5. The molecule has 0 radical (unpaired) electrons. The van der Waals surface area contributed by atoms with Crippen LogP contribution in [0.4, 0.5) is 5.69 Å². The van der Waals surface area contributed by atoms with Gasteiger partial charge in [0.1, 0.15) is 19.9 Å². The highest BCUT2D eigenvalue weighted by molar-refractivity contribution is 8.08. The molecule has 28 heavy (non-hydrogen) atoms. The van der Waals surface area contributed by atoms with Crippen LogP contribution in [0.5, 0.6) is 0 Å². The predicted molar refractivity (Wildman–Crippen MR) is 119 cm³/mol. The number of amides is 1. The average molecular weight is 433 g/mol. The molecule has 1 saturated heterocycles. The fourth-order valence-corrected chi connectivity index (χ4v) is 6.35. The molecule has 2 aliphatic heterocycles. The van der Waals surface area contributed by atoms with Crippen molar-refractivity contribution in [2.24, 2.45) is 0 Å². The van der Waals surface area contributed by atoms with Gasteiger partial charge in [-0.2, -0.15) is 0 Å². The first-order chi connectivity index (χ1) is 13.4. The van der Waals surface area contributed by atoms with Crippen LogP contribution in [0.1, 0.15) is 13.8 Å². The molecule has 1 aromatic heterocycles. The molecule has 6 nitrogen and oxygen atoms in total. The van der Waals surface area contributed by atoms with Crippen molar-refractivity contribution in [3.63, 3.8) is 0 Å². The minimum atomic E-state index is -0.147. The van der Waals surface area contributed by atoms with E-state index in [1.807, 2.05) is 44.0 Å². The van der Waals surface area contributed by atoms with Crippen LogP contribution < -0.4 is 19.7 Å². The van der Waals surface area contributed by atoms with E-state index in [0.29, 0.717) is 33.1 Å².